The second-order valence-corrected chi connectivity index (χ2v) is 2.86. The van der Waals surface area contributed by atoms with Crippen LogP contribution in [0.4, 0.5) is 0 Å². The molecule has 2 heterocycles. The number of fused-ring (bicyclic) bond motifs is 1. The maximum absolute atomic E-state index is 4.18. The Hall–Kier alpha value is -1.31. The summed E-state index contributed by atoms with van der Waals surface area (Å²) in [6.45, 7) is 12.2. The highest BCUT2D eigenvalue weighted by Gasteiger charge is 1.97. The van der Waals surface area contributed by atoms with E-state index in [9.17, 15) is 0 Å². The molecular formula is C13H22N2. The number of hydrogen-bond acceptors (Lipinski definition) is 1. The van der Waals surface area contributed by atoms with Crippen LogP contribution in [-0.4, -0.2) is 9.61 Å². The molecule has 0 saturated carbocycles. The van der Waals surface area contributed by atoms with E-state index in [4.69, 9.17) is 0 Å². The third-order valence-electron chi connectivity index (χ3n) is 1.86. The lowest BCUT2D eigenvalue weighted by Crippen LogP contribution is -1.88. The van der Waals surface area contributed by atoms with Crippen molar-refractivity contribution in [2.75, 3.05) is 0 Å². The van der Waals surface area contributed by atoms with Crippen LogP contribution in [0.2, 0.25) is 0 Å². The molecule has 0 spiro atoms. The minimum atomic E-state index is 1.20. The van der Waals surface area contributed by atoms with Crippen molar-refractivity contribution in [3.8, 4) is 0 Å². The van der Waals surface area contributed by atoms with E-state index in [1.54, 1.807) is 0 Å². The number of aromatic nitrogens is 2. The van der Waals surface area contributed by atoms with Gasteiger partial charge in [-0.05, 0) is 37.1 Å². The number of rotatable bonds is 0. The van der Waals surface area contributed by atoms with Crippen molar-refractivity contribution < 1.29 is 0 Å². The highest BCUT2D eigenvalue weighted by atomic mass is 15.2. The van der Waals surface area contributed by atoms with Gasteiger partial charge in [-0.2, -0.15) is 5.10 Å². The molecule has 2 heteroatoms. The lowest BCUT2D eigenvalue weighted by Gasteiger charge is -1.94. The predicted molar refractivity (Wildman–Crippen MR) is 67.4 cm³/mol. The molecule has 0 aliphatic heterocycles. The third-order valence-corrected chi connectivity index (χ3v) is 1.86. The van der Waals surface area contributed by atoms with Crippen molar-refractivity contribution in [1.82, 2.24) is 9.61 Å². The zero-order valence-corrected chi connectivity index (χ0v) is 10.7. The average molecular weight is 206 g/mol. The van der Waals surface area contributed by atoms with Crippen LogP contribution in [0.5, 0.6) is 0 Å². The zero-order valence-electron chi connectivity index (χ0n) is 10.7. The first-order chi connectivity index (χ1) is 7.27. The molecular weight excluding hydrogens is 184 g/mol. The van der Waals surface area contributed by atoms with E-state index in [-0.39, 0.29) is 0 Å². The van der Waals surface area contributed by atoms with Crippen LogP contribution in [0.25, 0.3) is 5.52 Å². The highest BCUT2D eigenvalue weighted by molar-refractivity contribution is 5.55. The Bertz CT molecular complexity index is 388. The van der Waals surface area contributed by atoms with Crippen molar-refractivity contribution in [3.63, 3.8) is 0 Å². The van der Waals surface area contributed by atoms with Crippen LogP contribution in [0.1, 0.15) is 38.8 Å². The Morgan fingerprint density at radius 3 is 2.20 bits per heavy atom. The average Bonchev–Trinajstić information content (AvgIpc) is 2.66. The van der Waals surface area contributed by atoms with E-state index in [1.165, 1.54) is 16.6 Å². The first kappa shape index (κ1) is 13.7. The molecule has 0 N–H and O–H groups in total. The summed E-state index contributed by atoms with van der Waals surface area (Å²) in [6.07, 6.45) is 3.85. The second-order valence-electron chi connectivity index (χ2n) is 2.86. The molecule has 0 atom stereocenters. The largest absolute Gasteiger partial charge is 0.241 e. The predicted octanol–water partition coefficient (Wildman–Crippen LogP) is 4.00. The quantitative estimate of drug-likeness (QED) is 0.636. The molecule has 0 aliphatic carbocycles. The molecule has 15 heavy (non-hydrogen) atoms. The first-order valence-electron chi connectivity index (χ1n) is 5.68. The van der Waals surface area contributed by atoms with Gasteiger partial charge < -0.3 is 0 Å². The Morgan fingerprint density at radius 1 is 1.07 bits per heavy atom. The van der Waals surface area contributed by atoms with Crippen molar-refractivity contribution in [1.29, 1.82) is 0 Å². The SMILES string of the molecule is CC.CC.Cc1cc2c(C)ccnn2c1. The van der Waals surface area contributed by atoms with Gasteiger partial charge in [-0.25, -0.2) is 4.52 Å². The molecule has 0 saturated heterocycles. The van der Waals surface area contributed by atoms with Gasteiger partial charge in [0.05, 0.1) is 5.52 Å². The van der Waals surface area contributed by atoms with E-state index < -0.39 is 0 Å². The van der Waals surface area contributed by atoms with E-state index in [1.807, 2.05) is 50.7 Å². The minimum Gasteiger partial charge on any atom is -0.241 e. The van der Waals surface area contributed by atoms with Crippen molar-refractivity contribution in [3.05, 3.63) is 35.7 Å². The fourth-order valence-electron chi connectivity index (χ4n) is 1.27. The van der Waals surface area contributed by atoms with Gasteiger partial charge >= 0.3 is 0 Å². The third kappa shape index (κ3) is 3.39. The Labute approximate surface area is 92.9 Å². The fourth-order valence-corrected chi connectivity index (χ4v) is 1.27. The van der Waals surface area contributed by atoms with Gasteiger partial charge in [0.1, 0.15) is 0 Å². The van der Waals surface area contributed by atoms with Crippen LogP contribution in [0.3, 0.4) is 0 Å². The number of aryl methyl sites for hydroxylation is 2. The normalized spacial score (nSPS) is 8.67. The minimum absolute atomic E-state index is 1.20. The monoisotopic (exact) mass is 206 g/mol. The van der Waals surface area contributed by atoms with Crippen LogP contribution < -0.4 is 0 Å². The zero-order chi connectivity index (χ0) is 11.8. The van der Waals surface area contributed by atoms with Gasteiger partial charge in [-0.3, -0.25) is 0 Å². The van der Waals surface area contributed by atoms with Crippen molar-refractivity contribution in [2.24, 2.45) is 0 Å². The molecule has 0 bridgehead atoms. The maximum atomic E-state index is 4.18. The molecule has 0 aromatic carbocycles. The standard InChI is InChI=1S/C9H10N2.2C2H6/c1-7-5-9-8(2)3-4-10-11(9)6-7;2*1-2/h3-6H,1-2H3;2*1-2H3. The molecule has 2 nitrogen and oxygen atoms in total. The second kappa shape index (κ2) is 7.04. The Balaban J connectivity index is 0.000000442. The van der Waals surface area contributed by atoms with Crippen molar-refractivity contribution in [2.45, 2.75) is 41.5 Å². The molecule has 2 rings (SSSR count). The molecule has 0 amide bonds. The summed E-state index contributed by atoms with van der Waals surface area (Å²) in [5.74, 6) is 0. The lowest BCUT2D eigenvalue weighted by atomic mass is 10.2. The van der Waals surface area contributed by atoms with Gasteiger partial charge in [0.2, 0.25) is 0 Å². The molecule has 0 aliphatic rings. The van der Waals surface area contributed by atoms with Gasteiger partial charge in [0, 0.05) is 12.4 Å². The molecule has 84 valence electrons. The van der Waals surface area contributed by atoms with E-state index in [0.29, 0.717) is 0 Å². The maximum Gasteiger partial charge on any atom is 0.0678 e. The first-order valence-corrected chi connectivity index (χ1v) is 5.68. The number of hydrogen-bond donors (Lipinski definition) is 0. The summed E-state index contributed by atoms with van der Waals surface area (Å²) < 4.78 is 1.91. The summed E-state index contributed by atoms with van der Waals surface area (Å²) in [7, 11) is 0. The van der Waals surface area contributed by atoms with Crippen molar-refractivity contribution >= 4 is 5.52 Å². The summed E-state index contributed by atoms with van der Waals surface area (Å²) in [5, 5.41) is 4.18. The Morgan fingerprint density at radius 2 is 1.67 bits per heavy atom. The van der Waals surface area contributed by atoms with Crippen LogP contribution in [0.15, 0.2) is 24.5 Å². The van der Waals surface area contributed by atoms with E-state index in [2.05, 4.69) is 25.0 Å². The van der Waals surface area contributed by atoms with E-state index >= 15 is 0 Å². The summed E-state index contributed by atoms with van der Waals surface area (Å²) >= 11 is 0. The van der Waals surface area contributed by atoms with E-state index in [0.717, 1.165) is 0 Å². The Kier molecular flexibility index (Phi) is 6.43. The molecule has 2 aromatic rings. The molecule has 0 unspecified atom stereocenters. The summed E-state index contributed by atoms with van der Waals surface area (Å²) in [5.41, 5.74) is 3.73. The smallest absolute Gasteiger partial charge is 0.0678 e. The molecule has 0 radical (unpaired) electrons. The van der Waals surface area contributed by atoms with Crippen LogP contribution in [-0.2, 0) is 0 Å². The molecule has 2 aromatic heterocycles. The van der Waals surface area contributed by atoms with Crippen LogP contribution >= 0.6 is 0 Å². The highest BCUT2D eigenvalue weighted by Crippen LogP contribution is 2.10. The number of nitrogens with zero attached hydrogens (tertiary/aromatic N) is 2. The van der Waals surface area contributed by atoms with Gasteiger partial charge in [0.25, 0.3) is 0 Å². The van der Waals surface area contributed by atoms with Gasteiger partial charge in [0.15, 0.2) is 0 Å². The van der Waals surface area contributed by atoms with Gasteiger partial charge in [-0.1, -0.05) is 27.7 Å². The van der Waals surface area contributed by atoms with Gasteiger partial charge in [-0.15, -0.1) is 0 Å². The summed E-state index contributed by atoms with van der Waals surface area (Å²) in [6, 6.07) is 4.16. The van der Waals surface area contributed by atoms with Crippen LogP contribution in [0, 0.1) is 13.8 Å². The fraction of sp³-hybridized carbons (Fsp3) is 0.462. The topological polar surface area (TPSA) is 17.3 Å². The lowest BCUT2D eigenvalue weighted by molar-refractivity contribution is 0.931. The summed E-state index contributed by atoms with van der Waals surface area (Å²) in [4.78, 5) is 0. The molecule has 0 fully saturated rings.